The number of hydrogen-bond donors (Lipinski definition) is 0. The molecule has 0 atom stereocenters. The van der Waals surface area contributed by atoms with Gasteiger partial charge in [0.1, 0.15) is 22.2 Å². The van der Waals surface area contributed by atoms with Gasteiger partial charge >= 0.3 is 0 Å². The molecule has 0 bridgehead atoms. The Morgan fingerprint density at radius 3 is 2.79 bits per heavy atom. The second-order valence-corrected chi connectivity index (χ2v) is 6.77. The summed E-state index contributed by atoms with van der Waals surface area (Å²) in [6.45, 7) is 8.88. The van der Waals surface area contributed by atoms with Gasteiger partial charge in [-0.1, -0.05) is 6.58 Å². The lowest BCUT2D eigenvalue weighted by atomic mass is 10.1. The van der Waals surface area contributed by atoms with E-state index in [2.05, 4.69) is 38.8 Å². The van der Waals surface area contributed by atoms with Crippen molar-refractivity contribution in [3.63, 3.8) is 0 Å². The molecule has 0 saturated heterocycles. The number of ether oxygens (including phenoxy) is 1. The standard InChI is InChI=1S/C20H19BrFN5O/c1-4-26-20(21)14(12-24-26)8-17-10-16(11-23)25-27(17)19-7-6-15(22)9-18(19)13(3)28-5-2/h6-7,9-10,12H,3-5,8H2,1-2H3. The summed E-state index contributed by atoms with van der Waals surface area (Å²) in [5.41, 5.74) is 3.07. The molecule has 8 heteroatoms. The lowest BCUT2D eigenvalue weighted by molar-refractivity contribution is 0.299. The lowest BCUT2D eigenvalue weighted by Crippen LogP contribution is -2.07. The van der Waals surface area contributed by atoms with Gasteiger partial charge in [0, 0.05) is 24.1 Å². The Bertz CT molecular complexity index is 1060. The largest absolute Gasteiger partial charge is 0.494 e. The fraction of sp³-hybridized carbons (Fsp3) is 0.250. The van der Waals surface area contributed by atoms with Gasteiger partial charge in [0.25, 0.3) is 0 Å². The quantitative estimate of drug-likeness (QED) is 0.505. The van der Waals surface area contributed by atoms with Gasteiger partial charge in [0.05, 0.1) is 24.2 Å². The first-order valence-corrected chi connectivity index (χ1v) is 9.59. The smallest absolute Gasteiger partial charge is 0.163 e. The Morgan fingerprint density at radius 1 is 1.36 bits per heavy atom. The highest BCUT2D eigenvalue weighted by molar-refractivity contribution is 9.10. The van der Waals surface area contributed by atoms with Crippen LogP contribution in [0.1, 0.15) is 36.4 Å². The van der Waals surface area contributed by atoms with Crippen molar-refractivity contribution in [3.8, 4) is 11.8 Å². The first kappa shape index (κ1) is 19.8. The minimum atomic E-state index is -0.402. The molecule has 3 aromatic rings. The van der Waals surface area contributed by atoms with Crippen molar-refractivity contribution in [1.82, 2.24) is 19.6 Å². The number of aromatic nitrogens is 4. The van der Waals surface area contributed by atoms with Crippen molar-refractivity contribution < 1.29 is 9.13 Å². The van der Waals surface area contributed by atoms with Crippen molar-refractivity contribution in [2.75, 3.05) is 6.61 Å². The zero-order chi connectivity index (χ0) is 20.3. The molecule has 0 aliphatic heterocycles. The summed E-state index contributed by atoms with van der Waals surface area (Å²) in [6, 6.07) is 8.09. The average molecular weight is 444 g/mol. The van der Waals surface area contributed by atoms with Crippen molar-refractivity contribution >= 4 is 21.7 Å². The van der Waals surface area contributed by atoms with Crippen LogP contribution < -0.4 is 0 Å². The van der Waals surface area contributed by atoms with Crippen LogP contribution in [0.15, 0.2) is 41.6 Å². The third kappa shape index (κ3) is 3.85. The topological polar surface area (TPSA) is 68.7 Å². The van der Waals surface area contributed by atoms with E-state index in [9.17, 15) is 9.65 Å². The van der Waals surface area contributed by atoms with E-state index < -0.39 is 5.82 Å². The molecule has 0 unspecified atom stereocenters. The number of halogens is 2. The molecule has 1 aromatic carbocycles. The summed E-state index contributed by atoms with van der Waals surface area (Å²) in [6.07, 6.45) is 2.27. The zero-order valence-corrected chi connectivity index (χ0v) is 17.2. The van der Waals surface area contributed by atoms with E-state index in [1.54, 1.807) is 23.0 Å². The summed E-state index contributed by atoms with van der Waals surface area (Å²) >= 11 is 3.56. The number of hydrogen-bond acceptors (Lipinski definition) is 4. The highest BCUT2D eigenvalue weighted by Gasteiger charge is 2.18. The molecular weight excluding hydrogens is 425 g/mol. The van der Waals surface area contributed by atoms with Crippen LogP contribution in [-0.2, 0) is 17.7 Å². The van der Waals surface area contributed by atoms with E-state index in [0.717, 1.165) is 22.4 Å². The molecule has 0 radical (unpaired) electrons. The SMILES string of the molecule is C=C(OCC)c1cc(F)ccc1-n1nc(C#N)cc1Cc1cnn(CC)c1Br. The fourth-order valence-electron chi connectivity index (χ4n) is 2.92. The molecule has 0 N–H and O–H groups in total. The zero-order valence-electron chi connectivity index (χ0n) is 15.6. The molecule has 2 aromatic heterocycles. The maximum Gasteiger partial charge on any atom is 0.163 e. The van der Waals surface area contributed by atoms with E-state index in [0.29, 0.717) is 30.0 Å². The van der Waals surface area contributed by atoms with Crippen LogP contribution in [0.5, 0.6) is 0 Å². The normalized spacial score (nSPS) is 10.7. The first-order valence-electron chi connectivity index (χ1n) is 8.79. The molecule has 0 saturated carbocycles. The first-order chi connectivity index (χ1) is 13.5. The molecular formula is C20H19BrFN5O. The number of aryl methyl sites for hydroxylation is 1. The highest BCUT2D eigenvalue weighted by atomic mass is 79.9. The maximum absolute atomic E-state index is 13.9. The van der Waals surface area contributed by atoms with Gasteiger partial charge in [-0.2, -0.15) is 15.5 Å². The van der Waals surface area contributed by atoms with Gasteiger partial charge in [-0.25, -0.2) is 9.07 Å². The van der Waals surface area contributed by atoms with Crippen molar-refractivity contribution in [3.05, 3.63) is 70.0 Å². The summed E-state index contributed by atoms with van der Waals surface area (Å²) in [5.74, 6) is -0.0577. The molecule has 0 aliphatic carbocycles. The summed E-state index contributed by atoms with van der Waals surface area (Å²) in [7, 11) is 0. The molecule has 6 nitrogen and oxygen atoms in total. The third-order valence-corrected chi connectivity index (χ3v) is 5.14. The molecule has 144 valence electrons. The highest BCUT2D eigenvalue weighted by Crippen LogP contribution is 2.27. The van der Waals surface area contributed by atoms with Crippen LogP contribution in [0.4, 0.5) is 4.39 Å². The maximum atomic E-state index is 13.9. The van der Waals surface area contributed by atoms with E-state index in [4.69, 9.17) is 4.74 Å². The van der Waals surface area contributed by atoms with E-state index in [1.165, 1.54) is 12.1 Å². The van der Waals surface area contributed by atoms with Crippen LogP contribution in [0.25, 0.3) is 11.4 Å². The molecule has 0 spiro atoms. The third-order valence-electron chi connectivity index (χ3n) is 4.22. The van der Waals surface area contributed by atoms with Gasteiger partial charge in [0.2, 0.25) is 0 Å². The monoisotopic (exact) mass is 443 g/mol. The second kappa shape index (κ2) is 8.40. The van der Waals surface area contributed by atoms with Crippen LogP contribution in [0.3, 0.4) is 0 Å². The summed E-state index contributed by atoms with van der Waals surface area (Å²) < 4.78 is 23.7. The Kier molecular flexibility index (Phi) is 5.95. The molecule has 0 aliphatic rings. The molecule has 0 amide bonds. The Hall–Kier alpha value is -2.92. The van der Waals surface area contributed by atoms with Crippen molar-refractivity contribution in [2.24, 2.45) is 0 Å². The van der Waals surface area contributed by atoms with E-state index in [-0.39, 0.29) is 5.69 Å². The van der Waals surface area contributed by atoms with Crippen LogP contribution in [0.2, 0.25) is 0 Å². The van der Waals surface area contributed by atoms with Crippen LogP contribution in [-0.4, -0.2) is 26.2 Å². The molecule has 3 rings (SSSR count). The molecule has 2 heterocycles. The number of rotatable bonds is 7. The van der Waals surface area contributed by atoms with Crippen LogP contribution >= 0.6 is 15.9 Å². The van der Waals surface area contributed by atoms with Crippen molar-refractivity contribution in [2.45, 2.75) is 26.8 Å². The Morgan fingerprint density at radius 2 is 2.14 bits per heavy atom. The fourth-order valence-corrected chi connectivity index (χ4v) is 3.51. The van der Waals surface area contributed by atoms with Crippen LogP contribution in [0, 0.1) is 17.1 Å². The minimum absolute atomic E-state index is 0.270. The Labute approximate surface area is 171 Å². The molecule has 0 fully saturated rings. The Balaban J connectivity index is 2.10. The number of benzene rings is 1. The van der Waals surface area contributed by atoms with Gasteiger partial charge in [-0.3, -0.25) is 4.68 Å². The number of nitriles is 1. The second-order valence-electron chi connectivity index (χ2n) is 6.02. The van der Waals surface area contributed by atoms with Gasteiger partial charge in [-0.15, -0.1) is 0 Å². The van der Waals surface area contributed by atoms with Gasteiger partial charge in [0.15, 0.2) is 5.69 Å². The predicted molar refractivity (Wildman–Crippen MR) is 107 cm³/mol. The summed E-state index contributed by atoms with van der Waals surface area (Å²) in [5, 5.41) is 18.0. The minimum Gasteiger partial charge on any atom is -0.494 e. The predicted octanol–water partition coefficient (Wildman–Crippen LogP) is 4.46. The van der Waals surface area contributed by atoms with Crippen molar-refractivity contribution in [1.29, 1.82) is 5.26 Å². The summed E-state index contributed by atoms with van der Waals surface area (Å²) in [4.78, 5) is 0. The number of nitrogens with zero attached hydrogens (tertiary/aromatic N) is 5. The molecule has 28 heavy (non-hydrogen) atoms. The van der Waals surface area contributed by atoms with Gasteiger partial charge in [-0.05, 0) is 54.0 Å². The average Bonchev–Trinajstić information content (AvgIpc) is 3.25. The van der Waals surface area contributed by atoms with E-state index >= 15 is 0 Å². The lowest BCUT2D eigenvalue weighted by Gasteiger charge is -2.15. The van der Waals surface area contributed by atoms with Gasteiger partial charge < -0.3 is 4.74 Å². The van der Waals surface area contributed by atoms with E-state index in [1.807, 2.05) is 18.5 Å².